The Morgan fingerprint density at radius 3 is 2.54 bits per heavy atom. The lowest BCUT2D eigenvalue weighted by Gasteiger charge is -2.36. The standard InChI is InChI=1S/C23H29BrN6O4.ClH/c24-19-15-26-23(28-22(19)25-14-18-2-1-13-34-18)27-16-3-5-17(6-4-16)29-9-11-30(12-10-29)20(31)7-8-21(32)33;/h3-6,15,18H,1-2,7-14H2,(H,32,33)(H2,25,26,27,28);1H. The van der Waals surface area contributed by atoms with E-state index in [4.69, 9.17) is 9.84 Å². The number of halogens is 2. The summed E-state index contributed by atoms with van der Waals surface area (Å²) in [5.41, 5.74) is 1.94. The number of rotatable bonds is 9. The summed E-state index contributed by atoms with van der Waals surface area (Å²) >= 11 is 3.49. The zero-order chi connectivity index (χ0) is 23.9. The molecule has 2 saturated heterocycles. The van der Waals surface area contributed by atoms with Crippen molar-refractivity contribution in [2.24, 2.45) is 0 Å². The van der Waals surface area contributed by atoms with Crippen LogP contribution >= 0.6 is 28.3 Å². The molecule has 3 N–H and O–H groups in total. The number of aliphatic carboxylic acids is 1. The van der Waals surface area contributed by atoms with Crippen LogP contribution in [0.2, 0.25) is 0 Å². The molecule has 1 aromatic carbocycles. The third-order valence-corrected chi connectivity index (χ3v) is 6.52. The number of nitrogens with zero attached hydrogens (tertiary/aromatic N) is 4. The fourth-order valence-electron chi connectivity index (χ4n) is 4.04. The van der Waals surface area contributed by atoms with E-state index in [0.29, 0.717) is 38.7 Å². The monoisotopic (exact) mass is 568 g/mol. The molecule has 35 heavy (non-hydrogen) atoms. The summed E-state index contributed by atoms with van der Waals surface area (Å²) in [5, 5.41) is 15.3. The summed E-state index contributed by atoms with van der Waals surface area (Å²) in [4.78, 5) is 35.7. The van der Waals surface area contributed by atoms with Crippen molar-refractivity contribution in [2.75, 3.05) is 54.9 Å². The minimum atomic E-state index is -0.944. The van der Waals surface area contributed by atoms with Gasteiger partial charge in [0.15, 0.2) is 0 Å². The second-order valence-electron chi connectivity index (χ2n) is 8.34. The summed E-state index contributed by atoms with van der Waals surface area (Å²) in [7, 11) is 0. The number of ether oxygens (including phenoxy) is 1. The van der Waals surface area contributed by atoms with Gasteiger partial charge in [-0.1, -0.05) is 0 Å². The molecule has 10 nitrogen and oxygen atoms in total. The van der Waals surface area contributed by atoms with Gasteiger partial charge in [0, 0.05) is 63.3 Å². The molecule has 1 amide bonds. The van der Waals surface area contributed by atoms with E-state index in [-0.39, 0.29) is 37.3 Å². The third-order valence-electron chi connectivity index (χ3n) is 5.94. The number of hydrogen-bond donors (Lipinski definition) is 3. The SMILES string of the molecule is Cl.O=C(O)CCC(=O)N1CCN(c2ccc(Nc3ncc(Br)c(NCC4CCCO4)n3)cc2)CC1. The van der Waals surface area contributed by atoms with Crippen LogP contribution in [0.4, 0.5) is 23.1 Å². The lowest BCUT2D eigenvalue weighted by molar-refractivity contribution is -0.141. The number of carbonyl (C=O) groups excluding carboxylic acids is 1. The molecule has 2 aliphatic rings. The molecule has 12 heteroatoms. The maximum Gasteiger partial charge on any atom is 0.303 e. The van der Waals surface area contributed by atoms with Gasteiger partial charge in [-0.05, 0) is 53.0 Å². The van der Waals surface area contributed by atoms with Crippen LogP contribution in [0.1, 0.15) is 25.7 Å². The van der Waals surface area contributed by atoms with E-state index in [1.807, 2.05) is 24.3 Å². The Labute approximate surface area is 219 Å². The predicted molar refractivity (Wildman–Crippen MR) is 140 cm³/mol. The van der Waals surface area contributed by atoms with Gasteiger partial charge < -0.3 is 30.3 Å². The predicted octanol–water partition coefficient (Wildman–Crippen LogP) is 3.51. The minimum absolute atomic E-state index is 0. The quantitative estimate of drug-likeness (QED) is 0.417. The molecule has 2 aromatic rings. The summed E-state index contributed by atoms with van der Waals surface area (Å²) in [5.74, 6) is 0.181. The van der Waals surface area contributed by atoms with Crippen LogP contribution in [-0.4, -0.2) is 77.3 Å². The second kappa shape index (κ2) is 12.9. The van der Waals surface area contributed by atoms with Crippen LogP contribution in [0.5, 0.6) is 0 Å². The number of carbonyl (C=O) groups is 2. The fraction of sp³-hybridized carbons (Fsp3) is 0.478. The fourth-order valence-corrected chi connectivity index (χ4v) is 4.37. The van der Waals surface area contributed by atoms with Gasteiger partial charge in [-0.15, -0.1) is 12.4 Å². The summed E-state index contributed by atoms with van der Waals surface area (Å²) < 4.78 is 6.46. The Morgan fingerprint density at radius 2 is 1.89 bits per heavy atom. The average Bonchev–Trinajstić information content (AvgIpc) is 3.37. The van der Waals surface area contributed by atoms with E-state index in [0.717, 1.165) is 41.1 Å². The van der Waals surface area contributed by atoms with E-state index < -0.39 is 5.97 Å². The van der Waals surface area contributed by atoms with Crippen LogP contribution in [-0.2, 0) is 14.3 Å². The molecule has 3 heterocycles. The molecule has 0 aliphatic carbocycles. The van der Waals surface area contributed by atoms with Crippen molar-refractivity contribution >= 4 is 63.4 Å². The molecule has 1 aromatic heterocycles. The van der Waals surface area contributed by atoms with Crippen LogP contribution in [0.15, 0.2) is 34.9 Å². The van der Waals surface area contributed by atoms with E-state index >= 15 is 0 Å². The molecule has 190 valence electrons. The Morgan fingerprint density at radius 1 is 1.14 bits per heavy atom. The number of piperazine rings is 1. The number of benzene rings is 1. The lowest BCUT2D eigenvalue weighted by Crippen LogP contribution is -2.48. The van der Waals surface area contributed by atoms with Crippen LogP contribution in [0.3, 0.4) is 0 Å². The van der Waals surface area contributed by atoms with Crippen molar-refractivity contribution in [1.29, 1.82) is 0 Å². The van der Waals surface area contributed by atoms with Crippen molar-refractivity contribution in [1.82, 2.24) is 14.9 Å². The summed E-state index contributed by atoms with van der Waals surface area (Å²) in [6.07, 6.45) is 4.03. The van der Waals surface area contributed by atoms with Gasteiger partial charge in [-0.3, -0.25) is 9.59 Å². The Bertz CT molecular complexity index is 998. The smallest absolute Gasteiger partial charge is 0.303 e. The molecule has 0 radical (unpaired) electrons. The third kappa shape index (κ3) is 7.68. The van der Waals surface area contributed by atoms with Gasteiger partial charge in [0.2, 0.25) is 11.9 Å². The topological polar surface area (TPSA) is 120 Å². The van der Waals surface area contributed by atoms with Gasteiger partial charge in [-0.25, -0.2) is 4.98 Å². The van der Waals surface area contributed by atoms with Crippen molar-refractivity contribution in [3.63, 3.8) is 0 Å². The Balaban J connectivity index is 0.00000342. The maximum atomic E-state index is 12.1. The first kappa shape index (κ1) is 27.0. The van der Waals surface area contributed by atoms with Gasteiger partial charge in [0.25, 0.3) is 0 Å². The van der Waals surface area contributed by atoms with Gasteiger partial charge in [0.05, 0.1) is 17.0 Å². The number of anilines is 4. The van der Waals surface area contributed by atoms with Crippen LogP contribution in [0.25, 0.3) is 0 Å². The lowest BCUT2D eigenvalue weighted by atomic mass is 10.2. The molecule has 4 rings (SSSR count). The molecule has 0 bridgehead atoms. The van der Waals surface area contributed by atoms with Gasteiger partial charge >= 0.3 is 5.97 Å². The first-order valence-electron chi connectivity index (χ1n) is 11.5. The van der Waals surface area contributed by atoms with E-state index in [1.165, 1.54) is 0 Å². The molecule has 1 unspecified atom stereocenters. The number of aromatic nitrogens is 2. The largest absolute Gasteiger partial charge is 0.481 e. The molecule has 2 aliphatic heterocycles. The molecule has 0 saturated carbocycles. The van der Waals surface area contributed by atoms with E-state index in [1.54, 1.807) is 11.1 Å². The van der Waals surface area contributed by atoms with Crippen molar-refractivity contribution in [2.45, 2.75) is 31.8 Å². The highest BCUT2D eigenvalue weighted by Crippen LogP contribution is 2.25. The molecule has 0 spiro atoms. The first-order chi connectivity index (χ1) is 16.5. The van der Waals surface area contributed by atoms with Crippen LogP contribution in [0, 0.1) is 0 Å². The average molecular weight is 570 g/mol. The Kier molecular flexibility index (Phi) is 9.93. The van der Waals surface area contributed by atoms with Crippen molar-refractivity contribution < 1.29 is 19.4 Å². The molecular weight excluding hydrogens is 540 g/mol. The minimum Gasteiger partial charge on any atom is -0.481 e. The van der Waals surface area contributed by atoms with Gasteiger partial charge in [-0.2, -0.15) is 4.98 Å². The summed E-state index contributed by atoms with van der Waals surface area (Å²) in [6.45, 7) is 4.13. The zero-order valence-corrected chi connectivity index (χ0v) is 21.7. The number of nitrogens with one attached hydrogen (secondary N) is 2. The van der Waals surface area contributed by atoms with E-state index in [2.05, 4.69) is 41.4 Å². The highest BCUT2D eigenvalue weighted by molar-refractivity contribution is 9.10. The number of carboxylic acid groups (broad SMARTS) is 1. The van der Waals surface area contributed by atoms with Gasteiger partial charge in [0.1, 0.15) is 5.82 Å². The Hall–Kier alpha value is -2.63. The molecule has 2 fully saturated rings. The number of carboxylic acids is 1. The molecule has 1 atom stereocenters. The first-order valence-corrected chi connectivity index (χ1v) is 12.3. The summed E-state index contributed by atoms with van der Waals surface area (Å²) in [6, 6.07) is 8.01. The second-order valence-corrected chi connectivity index (χ2v) is 9.19. The highest BCUT2D eigenvalue weighted by atomic mass is 79.9. The van der Waals surface area contributed by atoms with Crippen LogP contribution < -0.4 is 15.5 Å². The van der Waals surface area contributed by atoms with Crippen molar-refractivity contribution in [3.8, 4) is 0 Å². The number of hydrogen-bond acceptors (Lipinski definition) is 8. The van der Waals surface area contributed by atoms with E-state index in [9.17, 15) is 9.59 Å². The van der Waals surface area contributed by atoms with Crippen molar-refractivity contribution in [3.05, 3.63) is 34.9 Å². The normalized spacial score (nSPS) is 17.6. The molecular formula is C23H30BrClN6O4. The number of amides is 1. The highest BCUT2D eigenvalue weighted by Gasteiger charge is 2.21. The zero-order valence-electron chi connectivity index (χ0n) is 19.3. The maximum absolute atomic E-state index is 12.1.